The van der Waals surface area contributed by atoms with Crippen molar-refractivity contribution in [1.29, 1.82) is 0 Å². The summed E-state index contributed by atoms with van der Waals surface area (Å²) in [5.74, 6) is -4.03. The Balaban J connectivity index is 2.30. The second-order valence-corrected chi connectivity index (χ2v) is 4.13. The maximum atomic E-state index is 13.7. The maximum Gasteiger partial charge on any atom is 0.261 e. The van der Waals surface area contributed by atoms with E-state index in [1.165, 1.54) is 19.2 Å². The summed E-state index contributed by atoms with van der Waals surface area (Å²) in [6.07, 6.45) is 0. The molecule has 0 atom stereocenters. The molecule has 0 aromatic heterocycles. The smallest absolute Gasteiger partial charge is 0.261 e. The predicted octanol–water partition coefficient (Wildman–Crippen LogP) is 2.95. The third-order valence-electron chi connectivity index (χ3n) is 2.76. The Morgan fingerprint density at radius 2 is 1.86 bits per heavy atom. The lowest BCUT2D eigenvalue weighted by Crippen LogP contribution is -2.17. The van der Waals surface area contributed by atoms with Crippen molar-refractivity contribution in [3.05, 3.63) is 53.3 Å². The number of ether oxygens (including phenoxy) is 1. The van der Waals surface area contributed by atoms with Crippen molar-refractivity contribution >= 4 is 17.3 Å². The molecule has 7 heteroatoms. The van der Waals surface area contributed by atoms with E-state index in [2.05, 4.69) is 5.32 Å². The van der Waals surface area contributed by atoms with Gasteiger partial charge in [-0.25, -0.2) is 13.2 Å². The molecule has 2 aromatic rings. The molecule has 0 spiro atoms. The number of nitrogens with two attached hydrogens (primary N) is 1. The van der Waals surface area contributed by atoms with Crippen LogP contribution in [0, 0.1) is 17.5 Å². The molecule has 0 radical (unpaired) electrons. The van der Waals surface area contributed by atoms with Crippen LogP contribution in [0.3, 0.4) is 0 Å². The van der Waals surface area contributed by atoms with E-state index in [9.17, 15) is 18.0 Å². The van der Waals surface area contributed by atoms with E-state index in [0.717, 1.165) is 18.2 Å². The van der Waals surface area contributed by atoms with E-state index in [1.807, 2.05) is 0 Å². The Bertz CT molecular complexity index is 705. The summed E-state index contributed by atoms with van der Waals surface area (Å²) in [6, 6.07) is 5.47. The highest BCUT2D eigenvalue weighted by Gasteiger charge is 2.20. The van der Waals surface area contributed by atoms with Crippen LogP contribution < -0.4 is 15.8 Å². The molecule has 3 N–H and O–H groups in total. The topological polar surface area (TPSA) is 64.3 Å². The Kier molecular flexibility index (Phi) is 4.02. The first-order valence-electron chi connectivity index (χ1n) is 5.82. The minimum absolute atomic E-state index is 0.0192. The van der Waals surface area contributed by atoms with Gasteiger partial charge in [0, 0.05) is 11.8 Å². The normalized spacial score (nSPS) is 10.3. The van der Waals surface area contributed by atoms with Gasteiger partial charge in [-0.05, 0) is 24.3 Å². The lowest BCUT2D eigenvalue weighted by atomic mass is 10.1. The van der Waals surface area contributed by atoms with Crippen LogP contribution in [0.4, 0.5) is 24.5 Å². The standard InChI is InChI=1S/C14H11F3N2O2/c1-21-11-5-2-7(6-9(11)16)19-14(20)12-8(15)3-4-10(18)13(12)17/h2-6H,18H2,1H3,(H,19,20). The predicted molar refractivity (Wildman–Crippen MR) is 71.7 cm³/mol. The highest BCUT2D eigenvalue weighted by molar-refractivity contribution is 6.05. The van der Waals surface area contributed by atoms with E-state index in [1.54, 1.807) is 0 Å². The third-order valence-corrected chi connectivity index (χ3v) is 2.76. The minimum atomic E-state index is -1.17. The Labute approximate surface area is 118 Å². The van der Waals surface area contributed by atoms with E-state index in [4.69, 9.17) is 10.5 Å². The van der Waals surface area contributed by atoms with Crippen molar-refractivity contribution in [2.24, 2.45) is 0 Å². The molecule has 0 saturated heterocycles. The van der Waals surface area contributed by atoms with Gasteiger partial charge in [0.25, 0.3) is 5.91 Å². The van der Waals surface area contributed by atoms with Gasteiger partial charge in [-0.15, -0.1) is 0 Å². The second kappa shape index (κ2) is 5.74. The van der Waals surface area contributed by atoms with Crippen molar-refractivity contribution in [1.82, 2.24) is 0 Å². The molecule has 2 rings (SSSR count). The van der Waals surface area contributed by atoms with Gasteiger partial charge in [0.2, 0.25) is 0 Å². The molecule has 2 aromatic carbocycles. The Morgan fingerprint density at radius 1 is 1.14 bits per heavy atom. The van der Waals surface area contributed by atoms with Crippen LogP contribution in [0.1, 0.15) is 10.4 Å². The zero-order chi connectivity index (χ0) is 15.6. The number of carbonyl (C=O) groups is 1. The van der Waals surface area contributed by atoms with E-state index in [-0.39, 0.29) is 17.1 Å². The SMILES string of the molecule is COc1ccc(NC(=O)c2c(F)ccc(N)c2F)cc1F. The van der Waals surface area contributed by atoms with E-state index in [0.29, 0.717) is 0 Å². The number of amides is 1. The maximum absolute atomic E-state index is 13.7. The van der Waals surface area contributed by atoms with Crippen LogP contribution in [0.25, 0.3) is 0 Å². The average molecular weight is 296 g/mol. The van der Waals surface area contributed by atoms with E-state index >= 15 is 0 Å². The van der Waals surface area contributed by atoms with E-state index < -0.39 is 28.9 Å². The molecule has 1 amide bonds. The summed E-state index contributed by atoms with van der Waals surface area (Å²) < 4.78 is 45.4. The quantitative estimate of drug-likeness (QED) is 0.856. The number of anilines is 2. The molecule has 0 aliphatic carbocycles. The molecule has 0 fully saturated rings. The van der Waals surface area contributed by atoms with Gasteiger partial charge in [0.1, 0.15) is 11.4 Å². The van der Waals surface area contributed by atoms with Crippen molar-refractivity contribution in [2.45, 2.75) is 0 Å². The summed E-state index contributed by atoms with van der Waals surface area (Å²) in [4.78, 5) is 11.9. The number of rotatable bonds is 3. The monoisotopic (exact) mass is 296 g/mol. The molecule has 110 valence electrons. The third kappa shape index (κ3) is 2.91. The first-order chi connectivity index (χ1) is 9.93. The summed E-state index contributed by atoms with van der Waals surface area (Å²) in [7, 11) is 1.29. The van der Waals surface area contributed by atoms with Crippen molar-refractivity contribution in [3.8, 4) is 5.75 Å². The fourth-order valence-corrected chi connectivity index (χ4v) is 1.71. The van der Waals surface area contributed by atoms with Gasteiger partial charge in [-0.2, -0.15) is 0 Å². The molecule has 21 heavy (non-hydrogen) atoms. The van der Waals surface area contributed by atoms with Crippen LogP contribution in [0.2, 0.25) is 0 Å². The number of benzene rings is 2. The zero-order valence-corrected chi connectivity index (χ0v) is 10.9. The molecule has 0 heterocycles. The van der Waals surface area contributed by atoms with Gasteiger partial charge in [-0.1, -0.05) is 0 Å². The number of hydrogen-bond donors (Lipinski definition) is 2. The fourth-order valence-electron chi connectivity index (χ4n) is 1.71. The van der Waals surface area contributed by atoms with Crippen molar-refractivity contribution in [2.75, 3.05) is 18.2 Å². The molecule has 0 saturated carbocycles. The molecular weight excluding hydrogens is 285 g/mol. The highest BCUT2D eigenvalue weighted by Crippen LogP contribution is 2.23. The molecule has 0 aliphatic heterocycles. The molecule has 4 nitrogen and oxygen atoms in total. The molecular formula is C14H11F3N2O2. The first-order valence-corrected chi connectivity index (χ1v) is 5.82. The van der Waals surface area contributed by atoms with Gasteiger partial charge in [0.05, 0.1) is 12.8 Å². The van der Waals surface area contributed by atoms with Crippen molar-refractivity contribution < 1.29 is 22.7 Å². The summed E-state index contributed by atoms with van der Waals surface area (Å²) >= 11 is 0. The largest absolute Gasteiger partial charge is 0.494 e. The number of nitrogen functional groups attached to an aromatic ring is 1. The fraction of sp³-hybridized carbons (Fsp3) is 0.0714. The summed E-state index contributed by atoms with van der Waals surface area (Å²) in [5, 5.41) is 2.19. The zero-order valence-electron chi connectivity index (χ0n) is 10.9. The van der Waals surface area contributed by atoms with Gasteiger partial charge >= 0.3 is 0 Å². The lowest BCUT2D eigenvalue weighted by Gasteiger charge is -2.09. The average Bonchev–Trinajstić information content (AvgIpc) is 2.43. The van der Waals surface area contributed by atoms with Crippen LogP contribution in [-0.4, -0.2) is 13.0 Å². The second-order valence-electron chi connectivity index (χ2n) is 4.13. The minimum Gasteiger partial charge on any atom is -0.494 e. The number of nitrogens with one attached hydrogen (secondary N) is 1. The van der Waals surface area contributed by atoms with Gasteiger partial charge in [0.15, 0.2) is 17.4 Å². The summed E-state index contributed by atoms with van der Waals surface area (Å²) in [5.41, 5.74) is 4.13. The lowest BCUT2D eigenvalue weighted by molar-refractivity contribution is 0.101. The molecule has 0 aliphatic rings. The number of hydrogen-bond acceptors (Lipinski definition) is 3. The van der Waals surface area contributed by atoms with Crippen LogP contribution in [0.5, 0.6) is 5.75 Å². The summed E-state index contributed by atoms with van der Waals surface area (Å²) in [6.45, 7) is 0. The van der Waals surface area contributed by atoms with Gasteiger partial charge in [-0.3, -0.25) is 4.79 Å². The number of carbonyl (C=O) groups excluding carboxylic acids is 1. The Morgan fingerprint density at radius 3 is 2.48 bits per heavy atom. The number of methoxy groups -OCH3 is 1. The van der Waals surface area contributed by atoms with Crippen LogP contribution >= 0.6 is 0 Å². The first kappa shape index (κ1) is 14.7. The molecule has 0 unspecified atom stereocenters. The van der Waals surface area contributed by atoms with Crippen LogP contribution in [-0.2, 0) is 0 Å². The highest BCUT2D eigenvalue weighted by atomic mass is 19.1. The van der Waals surface area contributed by atoms with Crippen LogP contribution in [0.15, 0.2) is 30.3 Å². The number of halogens is 3. The van der Waals surface area contributed by atoms with Crippen molar-refractivity contribution in [3.63, 3.8) is 0 Å². The van der Waals surface area contributed by atoms with Gasteiger partial charge < -0.3 is 15.8 Å². The molecule has 0 bridgehead atoms. The Hall–Kier alpha value is -2.70.